The van der Waals surface area contributed by atoms with Gasteiger partial charge in [0.25, 0.3) is 0 Å². The van der Waals surface area contributed by atoms with Crippen molar-refractivity contribution in [2.45, 2.75) is 71.6 Å². The first kappa shape index (κ1) is 30.2. The monoisotopic (exact) mass is 526 g/mol. The van der Waals surface area contributed by atoms with E-state index >= 15 is 0 Å². The van der Waals surface area contributed by atoms with Crippen molar-refractivity contribution in [2.75, 3.05) is 0 Å². The number of benzene rings is 1. The van der Waals surface area contributed by atoms with Crippen LogP contribution in [0, 0.1) is 38.5 Å². The molecule has 30 heavy (non-hydrogen) atoms. The molecule has 0 radical (unpaired) electrons. The zero-order valence-electron chi connectivity index (χ0n) is 19.5. The number of allylic oxidation sites excluding steroid dienone is 4. The second-order valence-electron chi connectivity index (χ2n) is 8.58. The SMILES string of the molecule is CC1CC2C=CC=C(c3ccccc3)C2C1.CCCCC1CCCC1.[CH3-].[CH3-].[Cl][Zr+2][Cl]. The molecule has 0 nitrogen and oxygen atoms in total. The second kappa shape index (κ2) is 17.7. The predicted molar refractivity (Wildman–Crippen MR) is 135 cm³/mol. The fraction of sp³-hybridized carbons (Fsp3) is 0.556. The first-order valence-electron chi connectivity index (χ1n) is 11.1. The number of halogens is 2. The molecule has 2 saturated carbocycles. The first-order valence-corrected chi connectivity index (χ1v) is 17.4. The molecule has 2 fully saturated rings. The van der Waals surface area contributed by atoms with Crippen LogP contribution in [0.25, 0.3) is 5.57 Å². The minimum absolute atomic E-state index is 0. The zero-order chi connectivity index (χ0) is 20.2. The fourth-order valence-corrected chi connectivity index (χ4v) is 5.06. The quantitative estimate of drug-likeness (QED) is 0.341. The molecule has 3 aliphatic rings. The molecule has 0 saturated heterocycles. The van der Waals surface area contributed by atoms with Crippen molar-refractivity contribution >= 4 is 22.6 Å². The topological polar surface area (TPSA) is 0 Å². The Morgan fingerprint density at radius 2 is 1.63 bits per heavy atom. The first-order chi connectivity index (χ1) is 13.7. The van der Waals surface area contributed by atoms with Gasteiger partial charge in [-0.3, -0.25) is 0 Å². The Kier molecular flexibility index (Phi) is 17.8. The van der Waals surface area contributed by atoms with Gasteiger partial charge in [-0.05, 0) is 47.6 Å². The van der Waals surface area contributed by atoms with Crippen LogP contribution >= 0.6 is 17.0 Å². The van der Waals surface area contributed by atoms with Crippen molar-refractivity contribution in [3.8, 4) is 0 Å². The van der Waals surface area contributed by atoms with E-state index in [2.05, 4.69) is 62.4 Å². The number of unbranched alkanes of at least 4 members (excludes halogenated alkanes) is 1. The van der Waals surface area contributed by atoms with Gasteiger partial charge >= 0.3 is 37.9 Å². The normalized spacial score (nSPS) is 23.9. The van der Waals surface area contributed by atoms with Crippen molar-refractivity contribution < 1.29 is 20.8 Å². The summed E-state index contributed by atoms with van der Waals surface area (Å²) in [6, 6.07) is 10.9. The summed E-state index contributed by atoms with van der Waals surface area (Å²) in [6.07, 6.45) is 20.1. The molecule has 3 atom stereocenters. The third-order valence-corrected chi connectivity index (χ3v) is 6.43. The van der Waals surface area contributed by atoms with Gasteiger partial charge in [0.2, 0.25) is 0 Å². The van der Waals surface area contributed by atoms with Crippen LogP contribution in [-0.2, 0) is 20.8 Å². The predicted octanol–water partition coefficient (Wildman–Crippen LogP) is 9.95. The molecular formula is C27H42Cl2Zr. The molecule has 1 aromatic carbocycles. The van der Waals surface area contributed by atoms with Gasteiger partial charge in [0.1, 0.15) is 0 Å². The van der Waals surface area contributed by atoms with Crippen LogP contribution in [0.4, 0.5) is 0 Å². The summed E-state index contributed by atoms with van der Waals surface area (Å²) in [7, 11) is 9.87. The Morgan fingerprint density at radius 1 is 1.00 bits per heavy atom. The van der Waals surface area contributed by atoms with Gasteiger partial charge in [-0.15, -0.1) is 0 Å². The van der Waals surface area contributed by atoms with Crippen molar-refractivity contribution in [3.05, 3.63) is 69.0 Å². The molecule has 3 heteroatoms. The zero-order valence-corrected chi connectivity index (χ0v) is 23.5. The number of hydrogen-bond donors (Lipinski definition) is 0. The maximum absolute atomic E-state index is 4.93. The van der Waals surface area contributed by atoms with Crippen LogP contribution in [0.2, 0.25) is 0 Å². The van der Waals surface area contributed by atoms with E-state index in [1.54, 1.807) is 5.57 Å². The summed E-state index contributed by atoms with van der Waals surface area (Å²) in [5.74, 6) is 3.55. The summed E-state index contributed by atoms with van der Waals surface area (Å²) in [5, 5.41) is 0. The van der Waals surface area contributed by atoms with E-state index in [0.717, 1.165) is 23.7 Å². The van der Waals surface area contributed by atoms with Crippen molar-refractivity contribution in [1.29, 1.82) is 0 Å². The Hall–Kier alpha value is 0.163. The fourth-order valence-electron chi connectivity index (χ4n) is 5.06. The van der Waals surface area contributed by atoms with Gasteiger partial charge in [0.05, 0.1) is 0 Å². The number of rotatable bonds is 4. The van der Waals surface area contributed by atoms with Crippen LogP contribution in [0.1, 0.15) is 77.2 Å². The van der Waals surface area contributed by atoms with Gasteiger partial charge in [-0.1, -0.05) is 107 Å². The van der Waals surface area contributed by atoms with Gasteiger partial charge in [0.15, 0.2) is 0 Å². The van der Waals surface area contributed by atoms with E-state index in [9.17, 15) is 0 Å². The Balaban J connectivity index is 0.000000519. The number of hydrogen-bond acceptors (Lipinski definition) is 0. The van der Waals surface area contributed by atoms with Crippen LogP contribution in [0.3, 0.4) is 0 Å². The van der Waals surface area contributed by atoms with Crippen LogP contribution in [0.5, 0.6) is 0 Å². The molecule has 168 valence electrons. The standard InChI is InChI=1S/C16H18.C9H18.2CH3.2ClH.Zr/c1-12-10-14-8-5-9-15(16(14)11-12)13-6-3-2-4-7-13;1-2-3-6-9-7-4-5-8-9;;;;;/h2-9,12,14,16H,10-11H2,1H3;9H,2-8H2,1H3;2*1H3;2*1H;/q;;2*-1;;;+4/p-2. The average Bonchev–Trinajstić information content (AvgIpc) is 3.36. The summed E-state index contributed by atoms with van der Waals surface area (Å²) >= 11 is -0.826. The minimum atomic E-state index is -0.826. The van der Waals surface area contributed by atoms with E-state index in [4.69, 9.17) is 17.0 Å². The van der Waals surface area contributed by atoms with Crippen LogP contribution in [0.15, 0.2) is 48.6 Å². The molecule has 0 bridgehead atoms. The molecule has 3 aliphatic carbocycles. The molecule has 0 spiro atoms. The van der Waals surface area contributed by atoms with Gasteiger partial charge < -0.3 is 14.9 Å². The second-order valence-corrected chi connectivity index (χ2v) is 12.3. The molecule has 4 rings (SSSR count). The summed E-state index contributed by atoms with van der Waals surface area (Å²) in [6.45, 7) is 4.67. The van der Waals surface area contributed by atoms with Crippen LogP contribution < -0.4 is 0 Å². The van der Waals surface area contributed by atoms with Crippen molar-refractivity contribution in [1.82, 2.24) is 0 Å². The summed E-state index contributed by atoms with van der Waals surface area (Å²) < 4.78 is 0. The van der Waals surface area contributed by atoms with Gasteiger partial charge in [-0.2, -0.15) is 0 Å². The van der Waals surface area contributed by atoms with E-state index in [1.165, 1.54) is 63.4 Å². The third-order valence-electron chi connectivity index (χ3n) is 6.43. The molecule has 0 N–H and O–H groups in total. The number of fused-ring (bicyclic) bond motifs is 1. The Labute approximate surface area is 206 Å². The molecule has 0 amide bonds. The molecule has 0 heterocycles. The molecule has 0 aliphatic heterocycles. The van der Waals surface area contributed by atoms with E-state index in [1.807, 2.05) is 0 Å². The molecule has 0 aromatic heterocycles. The van der Waals surface area contributed by atoms with Crippen molar-refractivity contribution in [3.63, 3.8) is 0 Å². The van der Waals surface area contributed by atoms with E-state index in [-0.39, 0.29) is 14.9 Å². The van der Waals surface area contributed by atoms with E-state index in [0.29, 0.717) is 0 Å². The molecule has 3 unspecified atom stereocenters. The average molecular weight is 529 g/mol. The van der Waals surface area contributed by atoms with E-state index < -0.39 is 20.8 Å². The Morgan fingerprint density at radius 3 is 2.23 bits per heavy atom. The van der Waals surface area contributed by atoms with Gasteiger partial charge in [0, 0.05) is 0 Å². The van der Waals surface area contributed by atoms with Gasteiger partial charge in [-0.25, -0.2) is 0 Å². The van der Waals surface area contributed by atoms with Crippen LogP contribution in [-0.4, -0.2) is 0 Å². The third kappa shape index (κ3) is 10.2. The summed E-state index contributed by atoms with van der Waals surface area (Å²) in [4.78, 5) is 0. The summed E-state index contributed by atoms with van der Waals surface area (Å²) in [5.41, 5.74) is 2.97. The van der Waals surface area contributed by atoms with Crippen molar-refractivity contribution in [2.24, 2.45) is 23.7 Å². The molecule has 1 aromatic rings. The molecular weight excluding hydrogens is 486 g/mol. The Bertz CT molecular complexity index is 590. The maximum atomic E-state index is 4.93.